The summed E-state index contributed by atoms with van der Waals surface area (Å²) in [6.45, 7) is 12.9. The first-order valence-electron chi connectivity index (χ1n) is 10.4. The molecular formula is C22H38N4O2. The van der Waals surface area contributed by atoms with Gasteiger partial charge in [-0.2, -0.15) is 0 Å². The molecular weight excluding hydrogens is 352 g/mol. The van der Waals surface area contributed by atoms with Crippen molar-refractivity contribution >= 4 is 5.96 Å². The lowest BCUT2D eigenvalue weighted by Gasteiger charge is -2.30. The van der Waals surface area contributed by atoms with E-state index >= 15 is 0 Å². The highest BCUT2D eigenvalue weighted by molar-refractivity contribution is 5.79. The number of hydrogen-bond acceptors (Lipinski definition) is 4. The van der Waals surface area contributed by atoms with Gasteiger partial charge in [-0.25, -0.2) is 0 Å². The highest BCUT2D eigenvalue weighted by atomic mass is 16.5. The molecule has 6 heteroatoms. The van der Waals surface area contributed by atoms with Crippen LogP contribution >= 0.6 is 0 Å². The van der Waals surface area contributed by atoms with Crippen LogP contribution in [-0.4, -0.2) is 68.0 Å². The van der Waals surface area contributed by atoms with Crippen molar-refractivity contribution in [2.45, 2.75) is 52.9 Å². The smallest absolute Gasteiger partial charge is 0.191 e. The van der Waals surface area contributed by atoms with E-state index in [4.69, 9.17) is 4.74 Å². The summed E-state index contributed by atoms with van der Waals surface area (Å²) in [5, 5.41) is 17.1. The normalized spacial score (nSPS) is 17.7. The molecule has 2 unspecified atom stereocenters. The molecule has 0 bridgehead atoms. The summed E-state index contributed by atoms with van der Waals surface area (Å²) in [6, 6.07) is 8.57. The number of hydrogen-bond donors (Lipinski definition) is 3. The Labute approximate surface area is 170 Å². The van der Waals surface area contributed by atoms with Crippen LogP contribution in [0.5, 0.6) is 0 Å². The number of ether oxygens (including phenoxy) is 1. The number of guanidine groups is 1. The van der Waals surface area contributed by atoms with Crippen LogP contribution in [0.4, 0.5) is 0 Å². The van der Waals surface area contributed by atoms with Gasteiger partial charge in [0, 0.05) is 39.8 Å². The SMILES string of the molecule is CCNC(=NCC(O)CN1CCc2ccccc2C1)NCC(OC)C(C)(C)C. The van der Waals surface area contributed by atoms with Gasteiger partial charge in [0.25, 0.3) is 0 Å². The van der Waals surface area contributed by atoms with E-state index < -0.39 is 6.10 Å². The van der Waals surface area contributed by atoms with Gasteiger partial charge in [-0.15, -0.1) is 0 Å². The molecule has 158 valence electrons. The molecule has 0 amide bonds. The fraction of sp³-hybridized carbons (Fsp3) is 0.682. The third kappa shape index (κ3) is 7.08. The number of aliphatic hydroxyl groups is 1. The van der Waals surface area contributed by atoms with E-state index in [1.807, 2.05) is 6.92 Å². The van der Waals surface area contributed by atoms with Crippen molar-refractivity contribution in [2.75, 3.05) is 39.8 Å². The van der Waals surface area contributed by atoms with Crippen molar-refractivity contribution in [1.29, 1.82) is 0 Å². The summed E-state index contributed by atoms with van der Waals surface area (Å²) < 4.78 is 5.60. The quantitative estimate of drug-likeness (QED) is 0.468. The van der Waals surface area contributed by atoms with Crippen LogP contribution in [0.1, 0.15) is 38.8 Å². The van der Waals surface area contributed by atoms with Gasteiger partial charge in [-0.1, -0.05) is 45.0 Å². The summed E-state index contributed by atoms with van der Waals surface area (Å²) in [6.07, 6.45) is 0.637. The van der Waals surface area contributed by atoms with Crippen molar-refractivity contribution < 1.29 is 9.84 Å². The number of rotatable bonds is 8. The van der Waals surface area contributed by atoms with Gasteiger partial charge >= 0.3 is 0 Å². The maximum Gasteiger partial charge on any atom is 0.191 e. The molecule has 3 N–H and O–H groups in total. The van der Waals surface area contributed by atoms with Crippen molar-refractivity contribution in [3.05, 3.63) is 35.4 Å². The molecule has 0 radical (unpaired) electrons. The number of methoxy groups -OCH3 is 1. The van der Waals surface area contributed by atoms with Gasteiger partial charge in [-0.05, 0) is 29.9 Å². The topological polar surface area (TPSA) is 69.1 Å². The van der Waals surface area contributed by atoms with Crippen LogP contribution in [0.2, 0.25) is 0 Å². The van der Waals surface area contributed by atoms with Crippen molar-refractivity contribution in [3.8, 4) is 0 Å². The molecule has 6 nitrogen and oxygen atoms in total. The summed E-state index contributed by atoms with van der Waals surface area (Å²) in [5.74, 6) is 0.719. The molecule has 2 atom stereocenters. The highest BCUT2D eigenvalue weighted by Crippen LogP contribution is 2.21. The Hall–Kier alpha value is -1.63. The van der Waals surface area contributed by atoms with Crippen molar-refractivity contribution in [2.24, 2.45) is 10.4 Å². The molecule has 1 aromatic carbocycles. The van der Waals surface area contributed by atoms with E-state index in [1.165, 1.54) is 11.1 Å². The fourth-order valence-electron chi connectivity index (χ4n) is 3.54. The second kappa shape index (κ2) is 10.8. The lowest BCUT2D eigenvalue weighted by molar-refractivity contribution is 0.0205. The van der Waals surface area contributed by atoms with Gasteiger partial charge in [0.2, 0.25) is 0 Å². The molecule has 0 spiro atoms. The molecule has 0 fully saturated rings. The molecule has 0 saturated carbocycles. The van der Waals surface area contributed by atoms with Crippen LogP contribution in [-0.2, 0) is 17.7 Å². The Morgan fingerprint density at radius 2 is 1.96 bits per heavy atom. The van der Waals surface area contributed by atoms with Crippen LogP contribution in [0.25, 0.3) is 0 Å². The standard InChI is InChI=1S/C22H38N4O2/c1-6-23-21(25-14-20(28-5)22(2,3)4)24-13-19(27)16-26-12-11-17-9-7-8-10-18(17)15-26/h7-10,19-20,27H,6,11-16H2,1-5H3,(H2,23,24,25). The first-order chi connectivity index (χ1) is 13.3. The van der Waals surface area contributed by atoms with E-state index in [9.17, 15) is 5.11 Å². The minimum absolute atomic E-state index is 0.0448. The van der Waals surface area contributed by atoms with Crippen LogP contribution < -0.4 is 10.6 Å². The Morgan fingerprint density at radius 1 is 1.25 bits per heavy atom. The molecule has 0 saturated heterocycles. The average molecular weight is 391 g/mol. The van der Waals surface area contributed by atoms with Crippen LogP contribution in [0.15, 0.2) is 29.3 Å². The minimum atomic E-state index is -0.485. The molecule has 0 aliphatic carbocycles. The average Bonchev–Trinajstić information content (AvgIpc) is 2.65. The molecule has 0 aromatic heterocycles. The molecule has 1 aliphatic rings. The number of nitrogens with one attached hydrogen (secondary N) is 2. The third-order valence-corrected chi connectivity index (χ3v) is 5.19. The van der Waals surface area contributed by atoms with Crippen LogP contribution in [0.3, 0.4) is 0 Å². The van der Waals surface area contributed by atoms with Gasteiger partial charge in [0.05, 0.1) is 18.8 Å². The maximum absolute atomic E-state index is 10.5. The second-order valence-corrected chi connectivity index (χ2v) is 8.60. The Balaban J connectivity index is 1.84. The highest BCUT2D eigenvalue weighted by Gasteiger charge is 2.24. The number of nitrogens with zero attached hydrogens (tertiary/aromatic N) is 2. The molecule has 1 aliphatic heterocycles. The number of aliphatic hydroxyl groups excluding tert-OH is 1. The number of fused-ring (bicyclic) bond motifs is 1. The first kappa shape index (κ1) is 22.7. The summed E-state index contributed by atoms with van der Waals surface area (Å²) in [5.41, 5.74) is 2.84. The zero-order chi connectivity index (χ0) is 20.6. The third-order valence-electron chi connectivity index (χ3n) is 5.19. The summed E-state index contributed by atoms with van der Waals surface area (Å²) in [4.78, 5) is 6.88. The lowest BCUT2D eigenvalue weighted by atomic mass is 9.89. The Bertz CT molecular complexity index is 627. The molecule has 2 rings (SSSR count). The number of benzene rings is 1. The lowest BCUT2D eigenvalue weighted by Crippen LogP contribution is -2.46. The Morgan fingerprint density at radius 3 is 2.61 bits per heavy atom. The van der Waals surface area contributed by atoms with E-state index in [-0.39, 0.29) is 11.5 Å². The van der Waals surface area contributed by atoms with Gasteiger partial charge in [-0.3, -0.25) is 9.89 Å². The van der Waals surface area contributed by atoms with E-state index in [1.54, 1.807) is 7.11 Å². The zero-order valence-electron chi connectivity index (χ0n) is 18.2. The van der Waals surface area contributed by atoms with Crippen molar-refractivity contribution in [3.63, 3.8) is 0 Å². The number of β-amino-alcohol motifs (C(OH)–C–C–N with tert-alkyl or cyclic N) is 1. The first-order valence-corrected chi connectivity index (χ1v) is 10.4. The molecule has 1 aromatic rings. The fourth-order valence-corrected chi connectivity index (χ4v) is 3.54. The predicted molar refractivity (Wildman–Crippen MR) is 116 cm³/mol. The molecule has 1 heterocycles. The summed E-state index contributed by atoms with van der Waals surface area (Å²) >= 11 is 0. The monoisotopic (exact) mass is 390 g/mol. The van der Waals surface area contributed by atoms with Crippen molar-refractivity contribution in [1.82, 2.24) is 15.5 Å². The second-order valence-electron chi connectivity index (χ2n) is 8.60. The largest absolute Gasteiger partial charge is 0.390 e. The molecule has 28 heavy (non-hydrogen) atoms. The van der Waals surface area contributed by atoms with E-state index in [0.717, 1.165) is 32.0 Å². The summed E-state index contributed by atoms with van der Waals surface area (Å²) in [7, 11) is 1.74. The number of aliphatic imine (C=N–C) groups is 1. The van der Waals surface area contributed by atoms with Crippen LogP contribution in [0, 0.1) is 5.41 Å². The Kier molecular flexibility index (Phi) is 8.73. The van der Waals surface area contributed by atoms with Gasteiger partial charge < -0.3 is 20.5 Å². The maximum atomic E-state index is 10.5. The zero-order valence-corrected chi connectivity index (χ0v) is 18.2. The minimum Gasteiger partial charge on any atom is -0.390 e. The van der Waals surface area contributed by atoms with Gasteiger partial charge in [0.1, 0.15) is 0 Å². The van der Waals surface area contributed by atoms with E-state index in [0.29, 0.717) is 19.6 Å². The van der Waals surface area contributed by atoms with Gasteiger partial charge in [0.15, 0.2) is 5.96 Å². The predicted octanol–water partition coefficient (Wildman–Crippen LogP) is 2.02. The van der Waals surface area contributed by atoms with E-state index in [2.05, 4.69) is 65.6 Å².